The number of β-amino-alcohol motifs (C(OH)–C–C–N with tert-alkyl or cyclic N) is 1. The highest BCUT2D eigenvalue weighted by molar-refractivity contribution is 5.80. The van der Waals surface area contributed by atoms with Gasteiger partial charge in [-0.2, -0.15) is 0 Å². The van der Waals surface area contributed by atoms with Gasteiger partial charge in [0.1, 0.15) is 5.82 Å². The lowest BCUT2D eigenvalue weighted by Gasteiger charge is -2.33. The van der Waals surface area contributed by atoms with Crippen LogP contribution in [0.2, 0.25) is 0 Å². The minimum absolute atomic E-state index is 0.242. The van der Waals surface area contributed by atoms with Gasteiger partial charge in [-0.15, -0.1) is 0 Å². The standard InChI is InChI=1S/C18H30N6O/c1-3-19-18(24-7-5-16(25)14-24)21-13-15-4-6-20-17(12-15)23-10-8-22(2)9-11-23/h4,6,12,16,25H,3,5,7-11,13-14H2,1-2H3,(H,19,21)/t16-/m1/s1. The van der Waals surface area contributed by atoms with Gasteiger partial charge in [-0.1, -0.05) is 0 Å². The number of pyridine rings is 1. The molecular weight excluding hydrogens is 316 g/mol. The number of likely N-dealkylation sites (tertiary alicyclic amines) is 1. The molecule has 1 aromatic rings. The third-order valence-electron chi connectivity index (χ3n) is 4.85. The van der Waals surface area contributed by atoms with Crippen LogP contribution in [0.1, 0.15) is 18.9 Å². The van der Waals surface area contributed by atoms with Crippen LogP contribution < -0.4 is 10.2 Å². The van der Waals surface area contributed by atoms with Gasteiger partial charge in [0.25, 0.3) is 0 Å². The van der Waals surface area contributed by atoms with E-state index in [0.29, 0.717) is 13.1 Å². The molecule has 25 heavy (non-hydrogen) atoms. The van der Waals surface area contributed by atoms with Crippen molar-refractivity contribution in [2.24, 2.45) is 4.99 Å². The van der Waals surface area contributed by atoms with Crippen molar-refractivity contribution in [3.63, 3.8) is 0 Å². The highest BCUT2D eigenvalue weighted by atomic mass is 16.3. The Morgan fingerprint density at radius 3 is 2.80 bits per heavy atom. The maximum atomic E-state index is 9.76. The van der Waals surface area contributed by atoms with Gasteiger partial charge in [-0.05, 0) is 38.1 Å². The third kappa shape index (κ3) is 4.83. The number of aromatic nitrogens is 1. The summed E-state index contributed by atoms with van der Waals surface area (Å²) in [5, 5.41) is 13.1. The second kappa shape index (κ2) is 8.49. The number of nitrogens with one attached hydrogen (secondary N) is 1. The maximum absolute atomic E-state index is 9.76. The van der Waals surface area contributed by atoms with Crippen molar-refractivity contribution in [3.8, 4) is 0 Å². The molecule has 0 spiro atoms. The number of nitrogens with zero attached hydrogens (tertiary/aromatic N) is 5. The van der Waals surface area contributed by atoms with Crippen molar-refractivity contribution in [1.82, 2.24) is 20.1 Å². The summed E-state index contributed by atoms with van der Waals surface area (Å²) in [5.41, 5.74) is 1.17. The Bertz CT molecular complexity index is 585. The van der Waals surface area contributed by atoms with E-state index < -0.39 is 0 Å². The van der Waals surface area contributed by atoms with E-state index in [2.05, 4.69) is 45.0 Å². The summed E-state index contributed by atoms with van der Waals surface area (Å²) in [6.07, 6.45) is 2.45. The molecule has 2 aliphatic heterocycles. The molecule has 0 bridgehead atoms. The van der Waals surface area contributed by atoms with Crippen LogP contribution in [-0.4, -0.2) is 84.8 Å². The van der Waals surface area contributed by atoms with E-state index in [1.54, 1.807) is 0 Å². The topological polar surface area (TPSA) is 67.2 Å². The Morgan fingerprint density at radius 2 is 2.12 bits per heavy atom. The normalized spacial score (nSPS) is 22.5. The van der Waals surface area contributed by atoms with E-state index in [9.17, 15) is 5.11 Å². The smallest absolute Gasteiger partial charge is 0.194 e. The van der Waals surface area contributed by atoms with Crippen molar-refractivity contribution in [2.45, 2.75) is 26.0 Å². The van der Waals surface area contributed by atoms with Crippen LogP contribution in [0, 0.1) is 0 Å². The molecule has 2 saturated heterocycles. The average Bonchev–Trinajstić information content (AvgIpc) is 3.06. The van der Waals surface area contributed by atoms with E-state index in [1.165, 1.54) is 5.56 Å². The predicted octanol–water partition coefficient (Wildman–Crippen LogP) is 0.366. The molecule has 0 aliphatic carbocycles. The van der Waals surface area contributed by atoms with Crippen molar-refractivity contribution < 1.29 is 5.11 Å². The van der Waals surface area contributed by atoms with Gasteiger partial charge in [-0.3, -0.25) is 0 Å². The summed E-state index contributed by atoms with van der Waals surface area (Å²) in [4.78, 5) is 16.1. The number of anilines is 1. The SMILES string of the molecule is CCNC(=NCc1ccnc(N2CCN(C)CC2)c1)N1CC[C@@H](O)C1. The molecule has 0 aromatic carbocycles. The number of hydrogen-bond acceptors (Lipinski definition) is 5. The molecule has 2 N–H and O–H groups in total. The van der Waals surface area contributed by atoms with Crippen molar-refractivity contribution >= 4 is 11.8 Å². The maximum Gasteiger partial charge on any atom is 0.194 e. The fourth-order valence-corrected chi connectivity index (χ4v) is 3.29. The second-order valence-corrected chi connectivity index (χ2v) is 6.87. The number of aliphatic hydroxyl groups excluding tert-OH is 1. The summed E-state index contributed by atoms with van der Waals surface area (Å²) in [7, 11) is 2.16. The molecule has 1 atom stereocenters. The summed E-state index contributed by atoms with van der Waals surface area (Å²) in [6, 6.07) is 4.18. The molecule has 7 heteroatoms. The minimum Gasteiger partial charge on any atom is -0.391 e. The van der Waals surface area contributed by atoms with Crippen molar-refractivity contribution in [3.05, 3.63) is 23.9 Å². The summed E-state index contributed by atoms with van der Waals surface area (Å²) < 4.78 is 0. The monoisotopic (exact) mass is 346 g/mol. The van der Waals surface area contributed by atoms with Gasteiger partial charge >= 0.3 is 0 Å². The zero-order valence-electron chi connectivity index (χ0n) is 15.4. The Hall–Kier alpha value is -1.86. The second-order valence-electron chi connectivity index (χ2n) is 6.87. The predicted molar refractivity (Wildman–Crippen MR) is 101 cm³/mol. The first-order valence-electron chi connectivity index (χ1n) is 9.25. The quantitative estimate of drug-likeness (QED) is 0.606. The van der Waals surface area contributed by atoms with Gasteiger partial charge < -0.3 is 25.1 Å². The molecule has 0 amide bonds. The first-order valence-corrected chi connectivity index (χ1v) is 9.25. The highest BCUT2D eigenvalue weighted by Gasteiger charge is 2.22. The zero-order valence-corrected chi connectivity index (χ0v) is 15.4. The lowest BCUT2D eigenvalue weighted by molar-refractivity contribution is 0.188. The molecule has 0 unspecified atom stereocenters. The van der Waals surface area contributed by atoms with Crippen LogP contribution >= 0.6 is 0 Å². The lowest BCUT2D eigenvalue weighted by atomic mass is 10.2. The molecule has 7 nitrogen and oxygen atoms in total. The van der Waals surface area contributed by atoms with Gasteiger partial charge in [0.05, 0.1) is 12.6 Å². The van der Waals surface area contributed by atoms with Crippen LogP contribution in [0.15, 0.2) is 23.3 Å². The summed E-state index contributed by atoms with van der Waals surface area (Å²) >= 11 is 0. The van der Waals surface area contributed by atoms with Crippen LogP contribution in [0.3, 0.4) is 0 Å². The lowest BCUT2D eigenvalue weighted by Crippen LogP contribution is -2.44. The van der Waals surface area contributed by atoms with Crippen molar-refractivity contribution in [1.29, 1.82) is 0 Å². The number of aliphatic hydroxyl groups is 1. The largest absolute Gasteiger partial charge is 0.391 e. The third-order valence-corrected chi connectivity index (χ3v) is 4.85. The Kier molecular flexibility index (Phi) is 6.09. The molecule has 1 aromatic heterocycles. The average molecular weight is 346 g/mol. The Labute approximate surface area is 150 Å². The molecule has 3 rings (SSSR count). The van der Waals surface area contributed by atoms with Gasteiger partial charge in [0.15, 0.2) is 5.96 Å². The van der Waals surface area contributed by atoms with E-state index in [4.69, 9.17) is 4.99 Å². The molecule has 3 heterocycles. The fraction of sp³-hybridized carbons (Fsp3) is 0.667. The Balaban J connectivity index is 1.66. The number of aliphatic imine (C=N–C) groups is 1. The summed E-state index contributed by atoms with van der Waals surface area (Å²) in [5.74, 6) is 1.93. The van der Waals surface area contributed by atoms with E-state index in [-0.39, 0.29) is 6.10 Å². The molecule has 0 radical (unpaired) electrons. The van der Waals surface area contributed by atoms with E-state index in [1.807, 2.05) is 12.3 Å². The van der Waals surface area contributed by atoms with E-state index in [0.717, 1.165) is 57.5 Å². The number of likely N-dealkylation sites (N-methyl/N-ethyl adjacent to an activating group) is 1. The highest BCUT2D eigenvalue weighted by Crippen LogP contribution is 2.16. The number of guanidine groups is 1. The van der Waals surface area contributed by atoms with Gasteiger partial charge in [0.2, 0.25) is 0 Å². The van der Waals surface area contributed by atoms with Crippen LogP contribution in [0.4, 0.5) is 5.82 Å². The molecular formula is C18H30N6O. The van der Waals surface area contributed by atoms with Crippen molar-refractivity contribution in [2.75, 3.05) is 57.8 Å². The number of piperazine rings is 1. The summed E-state index contributed by atoms with van der Waals surface area (Å²) in [6.45, 7) is 9.23. The van der Waals surface area contributed by atoms with E-state index >= 15 is 0 Å². The van der Waals surface area contributed by atoms with Gasteiger partial charge in [0, 0.05) is 52.0 Å². The van der Waals surface area contributed by atoms with Crippen LogP contribution in [-0.2, 0) is 6.54 Å². The minimum atomic E-state index is -0.242. The molecule has 0 saturated carbocycles. The number of hydrogen-bond donors (Lipinski definition) is 2. The van der Waals surface area contributed by atoms with Gasteiger partial charge in [-0.25, -0.2) is 9.98 Å². The van der Waals surface area contributed by atoms with Crippen LogP contribution in [0.5, 0.6) is 0 Å². The first kappa shape index (κ1) is 17.9. The zero-order chi connectivity index (χ0) is 17.6. The van der Waals surface area contributed by atoms with Crippen LogP contribution in [0.25, 0.3) is 0 Å². The first-order chi connectivity index (χ1) is 12.2. The number of rotatable bonds is 4. The molecule has 138 valence electrons. The molecule has 2 fully saturated rings. The fourth-order valence-electron chi connectivity index (χ4n) is 3.29. The molecule has 2 aliphatic rings. The Morgan fingerprint density at radius 1 is 1.32 bits per heavy atom.